The van der Waals surface area contributed by atoms with Crippen LogP contribution in [0.1, 0.15) is 30.1 Å². The van der Waals surface area contributed by atoms with E-state index in [1.165, 1.54) is 46.8 Å². The summed E-state index contributed by atoms with van der Waals surface area (Å²) < 4.78 is 45.6. The maximum atomic E-state index is 13.2. The van der Waals surface area contributed by atoms with Crippen molar-refractivity contribution in [2.75, 3.05) is 18.4 Å². The lowest BCUT2D eigenvalue weighted by molar-refractivity contribution is 0.102. The second-order valence-corrected chi connectivity index (χ2v) is 9.13. The van der Waals surface area contributed by atoms with Gasteiger partial charge in [-0.15, -0.1) is 0 Å². The number of hydrogen-bond acceptors (Lipinski definition) is 5. The molecule has 1 aromatic heterocycles. The number of piperidine rings is 1. The molecule has 0 aliphatic carbocycles. The molecule has 1 N–H and O–H groups in total. The van der Waals surface area contributed by atoms with Crippen molar-refractivity contribution in [3.63, 3.8) is 0 Å². The van der Waals surface area contributed by atoms with Gasteiger partial charge < -0.3 is 4.42 Å². The van der Waals surface area contributed by atoms with Crippen molar-refractivity contribution in [3.8, 4) is 0 Å². The maximum absolute atomic E-state index is 13.2. The van der Waals surface area contributed by atoms with Gasteiger partial charge >= 0.3 is 6.01 Å². The van der Waals surface area contributed by atoms with Crippen LogP contribution in [0, 0.1) is 11.7 Å². The first-order chi connectivity index (χ1) is 13.8. The first-order valence-electron chi connectivity index (χ1n) is 9.30. The standard InChI is InChI=1S/C20H20FN3O4S/c1-13-8-10-24(11-9-13)29(26,27)16-5-2-14(3-6-16)19(25)23-20-22-17-12-15(21)4-7-18(17)28-20/h2-7,12-13H,8-11H2,1H3,(H,22,23,25). The van der Waals surface area contributed by atoms with Crippen molar-refractivity contribution >= 4 is 33.0 Å². The molecule has 3 aromatic rings. The van der Waals surface area contributed by atoms with Crippen molar-refractivity contribution in [1.29, 1.82) is 0 Å². The first-order valence-corrected chi connectivity index (χ1v) is 10.7. The lowest BCUT2D eigenvalue weighted by Gasteiger charge is -2.29. The number of sulfonamides is 1. The number of nitrogens with one attached hydrogen (secondary N) is 1. The number of halogens is 1. The van der Waals surface area contributed by atoms with Crippen LogP contribution in [0.2, 0.25) is 0 Å². The fourth-order valence-electron chi connectivity index (χ4n) is 3.28. The van der Waals surface area contributed by atoms with E-state index in [2.05, 4.69) is 17.2 Å². The highest BCUT2D eigenvalue weighted by Gasteiger charge is 2.28. The molecule has 0 unspecified atom stereocenters. The van der Waals surface area contributed by atoms with Crippen molar-refractivity contribution in [1.82, 2.24) is 9.29 Å². The maximum Gasteiger partial charge on any atom is 0.302 e. The van der Waals surface area contributed by atoms with Crippen LogP contribution in [-0.4, -0.2) is 36.7 Å². The SMILES string of the molecule is CC1CCN(S(=O)(=O)c2ccc(C(=O)Nc3nc4cc(F)ccc4o3)cc2)CC1. The monoisotopic (exact) mass is 417 g/mol. The van der Waals surface area contributed by atoms with Crippen LogP contribution in [0.25, 0.3) is 11.1 Å². The Hall–Kier alpha value is -2.78. The Morgan fingerprint density at radius 3 is 2.55 bits per heavy atom. The Morgan fingerprint density at radius 2 is 1.86 bits per heavy atom. The average Bonchev–Trinajstić information content (AvgIpc) is 3.09. The van der Waals surface area contributed by atoms with Crippen molar-refractivity contribution in [2.45, 2.75) is 24.7 Å². The zero-order valence-corrected chi connectivity index (χ0v) is 16.6. The molecule has 1 fully saturated rings. The molecule has 2 aromatic carbocycles. The molecule has 0 spiro atoms. The van der Waals surface area contributed by atoms with Gasteiger partial charge in [0.15, 0.2) is 5.58 Å². The fourth-order valence-corrected chi connectivity index (χ4v) is 4.75. The Kier molecular flexibility index (Phi) is 5.10. The van der Waals surface area contributed by atoms with Crippen LogP contribution in [0.4, 0.5) is 10.4 Å². The minimum atomic E-state index is -3.57. The number of hydrogen-bond donors (Lipinski definition) is 1. The fraction of sp³-hybridized carbons (Fsp3) is 0.300. The Labute approximate surface area is 167 Å². The van der Waals surface area contributed by atoms with Gasteiger partial charge in [0, 0.05) is 24.7 Å². The van der Waals surface area contributed by atoms with E-state index in [4.69, 9.17) is 4.42 Å². The number of aromatic nitrogens is 1. The lowest BCUT2D eigenvalue weighted by atomic mass is 10.0. The highest BCUT2D eigenvalue weighted by molar-refractivity contribution is 7.89. The van der Waals surface area contributed by atoms with Gasteiger partial charge in [0.25, 0.3) is 5.91 Å². The zero-order chi connectivity index (χ0) is 20.6. The molecule has 9 heteroatoms. The van der Waals surface area contributed by atoms with Crippen molar-refractivity contribution in [3.05, 3.63) is 53.8 Å². The van der Waals surface area contributed by atoms with Crippen LogP contribution < -0.4 is 5.32 Å². The highest BCUT2D eigenvalue weighted by Crippen LogP contribution is 2.24. The number of nitrogens with zero attached hydrogens (tertiary/aromatic N) is 2. The molecule has 152 valence electrons. The van der Waals surface area contributed by atoms with Gasteiger partial charge in [-0.05, 0) is 55.2 Å². The summed E-state index contributed by atoms with van der Waals surface area (Å²) in [6.07, 6.45) is 1.68. The molecule has 0 atom stereocenters. The number of oxazole rings is 1. The van der Waals surface area contributed by atoms with E-state index in [1.54, 1.807) is 0 Å². The molecule has 1 aliphatic rings. The predicted molar refractivity (Wildman–Crippen MR) is 106 cm³/mol. The molecule has 0 saturated carbocycles. The van der Waals surface area contributed by atoms with E-state index in [-0.39, 0.29) is 22.0 Å². The van der Waals surface area contributed by atoms with Gasteiger partial charge in [-0.25, -0.2) is 12.8 Å². The second-order valence-electron chi connectivity index (χ2n) is 7.20. The van der Waals surface area contributed by atoms with Gasteiger partial charge in [0.1, 0.15) is 11.3 Å². The normalized spacial score (nSPS) is 16.2. The summed E-state index contributed by atoms with van der Waals surface area (Å²) in [6, 6.07) is 9.53. The summed E-state index contributed by atoms with van der Waals surface area (Å²) in [5.41, 5.74) is 0.890. The van der Waals surface area contributed by atoms with E-state index in [9.17, 15) is 17.6 Å². The van der Waals surface area contributed by atoms with Crippen LogP contribution in [-0.2, 0) is 10.0 Å². The minimum Gasteiger partial charge on any atom is -0.423 e. The largest absolute Gasteiger partial charge is 0.423 e. The first kappa shape index (κ1) is 19.5. The molecule has 29 heavy (non-hydrogen) atoms. The van der Waals surface area contributed by atoms with Crippen LogP contribution in [0.15, 0.2) is 51.8 Å². The quantitative estimate of drug-likeness (QED) is 0.700. The number of carbonyl (C=O) groups excluding carboxylic acids is 1. The molecule has 7 nitrogen and oxygen atoms in total. The number of anilines is 1. The average molecular weight is 417 g/mol. The topological polar surface area (TPSA) is 92.5 Å². The van der Waals surface area contributed by atoms with E-state index in [1.807, 2.05) is 0 Å². The smallest absolute Gasteiger partial charge is 0.302 e. The summed E-state index contributed by atoms with van der Waals surface area (Å²) in [5, 5.41) is 2.49. The van der Waals surface area contributed by atoms with Crippen LogP contribution in [0.5, 0.6) is 0 Å². The Balaban J connectivity index is 1.48. The Morgan fingerprint density at radius 1 is 1.17 bits per heavy atom. The Bertz CT molecular complexity index is 1150. The second kappa shape index (κ2) is 7.57. The van der Waals surface area contributed by atoms with Gasteiger partial charge in [-0.2, -0.15) is 9.29 Å². The third-order valence-electron chi connectivity index (χ3n) is 5.07. The molecule has 0 bridgehead atoms. The van der Waals surface area contributed by atoms with Gasteiger partial charge in [0.2, 0.25) is 10.0 Å². The summed E-state index contributed by atoms with van der Waals surface area (Å²) in [5.74, 6) is -0.438. The lowest BCUT2D eigenvalue weighted by Crippen LogP contribution is -2.37. The minimum absolute atomic E-state index is 0.0604. The molecule has 4 rings (SSSR count). The van der Waals surface area contributed by atoms with Crippen LogP contribution >= 0.6 is 0 Å². The molecule has 1 aliphatic heterocycles. The van der Waals surface area contributed by atoms with E-state index < -0.39 is 21.7 Å². The molecular formula is C20H20FN3O4S. The number of carbonyl (C=O) groups is 1. The third-order valence-corrected chi connectivity index (χ3v) is 6.98. The summed E-state index contributed by atoms with van der Waals surface area (Å²) in [7, 11) is -3.57. The molecule has 1 saturated heterocycles. The van der Waals surface area contributed by atoms with Gasteiger partial charge in [-0.1, -0.05) is 6.92 Å². The van der Waals surface area contributed by atoms with E-state index in [0.29, 0.717) is 24.6 Å². The number of amides is 1. The van der Waals surface area contributed by atoms with E-state index >= 15 is 0 Å². The van der Waals surface area contributed by atoms with Gasteiger partial charge in [0.05, 0.1) is 4.90 Å². The summed E-state index contributed by atoms with van der Waals surface area (Å²) in [6.45, 7) is 3.12. The van der Waals surface area contributed by atoms with Gasteiger partial charge in [-0.3, -0.25) is 10.1 Å². The van der Waals surface area contributed by atoms with Crippen molar-refractivity contribution in [2.24, 2.45) is 5.92 Å². The highest BCUT2D eigenvalue weighted by atomic mass is 32.2. The molecule has 2 heterocycles. The van der Waals surface area contributed by atoms with Crippen LogP contribution in [0.3, 0.4) is 0 Å². The summed E-state index contributed by atoms with van der Waals surface area (Å²) >= 11 is 0. The predicted octanol–water partition coefficient (Wildman–Crippen LogP) is 3.64. The number of fused-ring (bicyclic) bond motifs is 1. The molecule has 1 amide bonds. The summed E-state index contributed by atoms with van der Waals surface area (Å²) in [4.78, 5) is 16.6. The number of rotatable bonds is 4. The van der Waals surface area contributed by atoms with E-state index in [0.717, 1.165) is 12.8 Å². The molecular weight excluding hydrogens is 397 g/mol. The zero-order valence-electron chi connectivity index (χ0n) is 15.8. The number of benzene rings is 2. The van der Waals surface area contributed by atoms with Crippen molar-refractivity contribution < 1.29 is 22.0 Å². The third kappa shape index (κ3) is 4.01. The molecule has 0 radical (unpaired) electrons.